The predicted molar refractivity (Wildman–Crippen MR) is 114 cm³/mol. The number of carbonyl (C=O) groups is 1. The van der Waals surface area contributed by atoms with Gasteiger partial charge in [-0.15, -0.1) is 11.3 Å². The molecule has 0 aliphatic carbocycles. The Morgan fingerprint density at radius 2 is 2.21 bits per heavy atom. The van der Waals surface area contributed by atoms with Gasteiger partial charge in [-0.25, -0.2) is 14.1 Å². The minimum absolute atomic E-state index is 0.277. The van der Waals surface area contributed by atoms with E-state index in [1.807, 2.05) is 0 Å². The van der Waals surface area contributed by atoms with Crippen molar-refractivity contribution in [2.75, 3.05) is 12.3 Å². The van der Waals surface area contributed by atoms with E-state index in [0.29, 0.717) is 33.3 Å². The molecule has 0 bridgehead atoms. The summed E-state index contributed by atoms with van der Waals surface area (Å²) in [6, 6.07) is 4.45. The molecule has 148 valence electrons. The van der Waals surface area contributed by atoms with E-state index in [4.69, 9.17) is 10.5 Å². The topological polar surface area (TPSA) is 83.0 Å². The van der Waals surface area contributed by atoms with Crippen LogP contribution in [0.3, 0.4) is 0 Å². The first-order chi connectivity index (χ1) is 14.1. The first kappa shape index (κ1) is 18.7. The number of nitrogens with zero attached hydrogens (tertiary/aromatic N) is 3. The molecule has 0 radical (unpaired) electrons. The van der Waals surface area contributed by atoms with Gasteiger partial charge in [-0.1, -0.05) is 0 Å². The molecule has 6 nitrogen and oxygen atoms in total. The van der Waals surface area contributed by atoms with E-state index in [1.165, 1.54) is 29.7 Å². The molecule has 1 aliphatic rings. The van der Waals surface area contributed by atoms with Gasteiger partial charge in [0.15, 0.2) is 12.0 Å². The van der Waals surface area contributed by atoms with Gasteiger partial charge < -0.3 is 10.5 Å². The predicted octanol–water partition coefficient (Wildman–Crippen LogP) is 5.06. The molecule has 1 aliphatic heterocycles. The summed E-state index contributed by atoms with van der Waals surface area (Å²) in [6.07, 6.45) is 3.94. The van der Waals surface area contributed by atoms with Gasteiger partial charge >= 0.3 is 0 Å². The van der Waals surface area contributed by atoms with Gasteiger partial charge in [0.1, 0.15) is 11.3 Å². The van der Waals surface area contributed by atoms with Crippen molar-refractivity contribution in [2.45, 2.75) is 25.5 Å². The molecule has 4 aromatic rings. The van der Waals surface area contributed by atoms with Crippen LogP contribution in [-0.2, 0) is 4.74 Å². The molecule has 0 amide bonds. The van der Waals surface area contributed by atoms with Gasteiger partial charge in [-0.3, -0.25) is 4.79 Å². The second-order valence-electron chi connectivity index (χ2n) is 6.95. The Kier molecular flexibility index (Phi) is 4.60. The smallest absolute Gasteiger partial charge is 0.195 e. The van der Waals surface area contributed by atoms with Crippen LogP contribution < -0.4 is 5.73 Å². The van der Waals surface area contributed by atoms with Crippen molar-refractivity contribution < 1.29 is 13.9 Å². The highest BCUT2D eigenvalue weighted by molar-refractivity contribution is 9.10. The average Bonchev–Trinajstić information content (AvgIpc) is 3.40. The molecule has 29 heavy (non-hydrogen) atoms. The lowest BCUT2D eigenvalue weighted by Gasteiger charge is -2.23. The number of rotatable bonds is 3. The van der Waals surface area contributed by atoms with Crippen molar-refractivity contribution in [1.82, 2.24) is 14.8 Å². The molecule has 3 heterocycles. The number of aromatic nitrogens is 3. The Labute approximate surface area is 177 Å². The first-order valence-corrected chi connectivity index (χ1v) is 10.9. The lowest BCUT2D eigenvalue weighted by molar-refractivity contribution is -0.0369. The number of fused-ring (bicyclic) bond motifs is 2. The number of hydrogen-bond acceptors (Lipinski definition) is 6. The summed E-state index contributed by atoms with van der Waals surface area (Å²) < 4.78 is 23.5. The fraction of sp³-hybridized carbons (Fsp3) is 0.250. The molecule has 5 rings (SSSR count). The standard InChI is InChI=1S/C20H16BrFN4O2S/c21-13-7-11(16(23)20-17(13)24-9-29-20)19(27)10-4-5-14(22)18-12(10)8-25-26(18)15-3-1-2-6-28-15/h4-5,7-9,15H,1-3,6,23H2. The van der Waals surface area contributed by atoms with Crippen LogP contribution in [0.15, 0.2) is 34.4 Å². The van der Waals surface area contributed by atoms with E-state index in [9.17, 15) is 9.18 Å². The Balaban J connectivity index is 1.66. The van der Waals surface area contributed by atoms with Crippen molar-refractivity contribution in [3.05, 3.63) is 51.3 Å². The number of hydrogen-bond donors (Lipinski definition) is 1. The van der Waals surface area contributed by atoms with Gasteiger partial charge in [0.05, 0.1) is 27.6 Å². The van der Waals surface area contributed by atoms with E-state index in [2.05, 4.69) is 26.0 Å². The number of carbonyl (C=O) groups excluding carboxylic acids is 1. The highest BCUT2D eigenvalue weighted by Crippen LogP contribution is 2.36. The number of halogens is 2. The second-order valence-corrected chi connectivity index (χ2v) is 8.66. The third-order valence-corrected chi connectivity index (χ3v) is 6.69. The molecule has 2 aromatic carbocycles. The summed E-state index contributed by atoms with van der Waals surface area (Å²) in [5.41, 5.74) is 10.0. The van der Waals surface area contributed by atoms with Gasteiger partial charge in [0.25, 0.3) is 0 Å². The molecular weight excluding hydrogens is 459 g/mol. The summed E-state index contributed by atoms with van der Waals surface area (Å²) >= 11 is 4.84. The summed E-state index contributed by atoms with van der Waals surface area (Å²) in [7, 11) is 0. The molecule has 1 fully saturated rings. The van der Waals surface area contributed by atoms with E-state index in [-0.39, 0.29) is 17.5 Å². The largest absolute Gasteiger partial charge is 0.397 e. The van der Waals surface area contributed by atoms with E-state index < -0.39 is 5.82 Å². The Morgan fingerprint density at radius 1 is 1.34 bits per heavy atom. The number of nitrogens with two attached hydrogens (primary N) is 1. The number of nitrogen functional groups attached to an aromatic ring is 1. The van der Waals surface area contributed by atoms with Crippen LogP contribution in [0.1, 0.15) is 41.4 Å². The van der Waals surface area contributed by atoms with Crippen LogP contribution in [0.2, 0.25) is 0 Å². The highest BCUT2D eigenvalue weighted by Gasteiger charge is 2.25. The SMILES string of the molecule is Nc1c(C(=O)c2ccc(F)c3c2cnn3C2CCCCO2)cc(Br)c2ncsc12. The van der Waals surface area contributed by atoms with E-state index in [1.54, 1.807) is 16.3 Å². The lowest BCUT2D eigenvalue weighted by atomic mass is 9.98. The normalized spacial score (nSPS) is 17.2. The molecule has 1 atom stereocenters. The Hall–Kier alpha value is -2.36. The monoisotopic (exact) mass is 474 g/mol. The maximum absolute atomic E-state index is 14.7. The Morgan fingerprint density at radius 3 is 3.00 bits per heavy atom. The molecule has 2 aromatic heterocycles. The lowest BCUT2D eigenvalue weighted by Crippen LogP contribution is -2.19. The molecule has 1 saturated heterocycles. The number of anilines is 1. The maximum Gasteiger partial charge on any atom is 0.195 e. The molecule has 9 heteroatoms. The Bertz CT molecular complexity index is 1260. The molecular formula is C20H16BrFN4O2S. The number of benzene rings is 2. The van der Waals surface area contributed by atoms with Gasteiger partial charge in [-0.2, -0.15) is 5.10 Å². The summed E-state index contributed by atoms with van der Waals surface area (Å²) in [5, 5.41) is 4.80. The van der Waals surface area contributed by atoms with E-state index >= 15 is 0 Å². The number of thiazole rings is 1. The highest BCUT2D eigenvalue weighted by atomic mass is 79.9. The molecule has 0 saturated carbocycles. The maximum atomic E-state index is 14.7. The number of ether oxygens (including phenoxy) is 1. The second kappa shape index (κ2) is 7.16. The minimum atomic E-state index is -0.435. The van der Waals surface area contributed by atoms with Gasteiger partial charge in [-0.05, 0) is 53.4 Å². The van der Waals surface area contributed by atoms with Crippen molar-refractivity contribution in [2.24, 2.45) is 0 Å². The molecule has 2 N–H and O–H groups in total. The fourth-order valence-electron chi connectivity index (χ4n) is 3.79. The summed E-state index contributed by atoms with van der Waals surface area (Å²) in [6.45, 7) is 0.617. The van der Waals surface area contributed by atoms with Crippen LogP contribution in [-0.4, -0.2) is 27.2 Å². The van der Waals surface area contributed by atoms with Crippen LogP contribution >= 0.6 is 27.3 Å². The van der Waals surface area contributed by atoms with Crippen LogP contribution in [0.25, 0.3) is 21.1 Å². The fourth-order valence-corrected chi connectivity index (χ4v) is 5.23. The van der Waals surface area contributed by atoms with Crippen LogP contribution in [0, 0.1) is 5.82 Å². The van der Waals surface area contributed by atoms with Crippen LogP contribution in [0.4, 0.5) is 10.1 Å². The van der Waals surface area contributed by atoms with Gasteiger partial charge in [0, 0.05) is 27.6 Å². The zero-order chi connectivity index (χ0) is 20.1. The van der Waals surface area contributed by atoms with Crippen molar-refractivity contribution in [3.8, 4) is 0 Å². The zero-order valence-corrected chi connectivity index (χ0v) is 17.6. The first-order valence-electron chi connectivity index (χ1n) is 9.19. The third-order valence-electron chi connectivity index (χ3n) is 5.23. The van der Waals surface area contributed by atoms with E-state index in [0.717, 1.165) is 29.5 Å². The van der Waals surface area contributed by atoms with Gasteiger partial charge in [0.2, 0.25) is 0 Å². The zero-order valence-electron chi connectivity index (χ0n) is 15.2. The van der Waals surface area contributed by atoms with Crippen molar-refractivity contribution >= 4 is 59.9 Å². The minimum Gasteiger partial charge on any atom is -0.397 e. The summed E-state index contributed by atoms with van der Waals surface area (Å²) in [4.78, 5) is 17.7. The third kappa shape index (κ3) is 2.95. The quantitative estimate of drug-likeness (QED) is 0.331. The average molecular weight is 475 g/mol. The van der Waals surface area contributed by atoms with Crippen molar-refractivity contribution in [3.63, 3.8) is 0 Å². The van der Waals surface area contributed by atoms with Crippen LogP contribution in [0.5, 0.6) is 0 Å². The molecule has 0 spiro atoms. The molecule has 1 unspecified atom stereocenters. The summed E-state index contributed by atoms with van der Waals surface area (Å²) in [5.74, 6) is -0.720. The van der Waals surface area contributed by atoms with Crippen molar-refractivity contribution in [1.29, 1.82) is 0 Å². The number of ketones is 1.